The van der Waals surface area contributed by atoms with E-state index >= 15 is 0 Å². The Balaban J connectivity index is 1.39. The SMILES string of the molecule is NCc1ncc(C(=O)N2CCC[C@H]2C(=O)Nc2ccc(N3CCOCC3)cc2)[nH]1. The third-order valence-electron chi connectivity index (χ3n) is 5.38. The quantitative estimate of drug-likeness (QED) is 0.690. The first-order valence-electron chi connectivity index (χ1n) is 9.94. The van der Waals surface area contributed by atoms with Gasteiger partial charge in [-0.3, -0.25) is 9.59 Å². The van der Waals surface area contributed by atoms with Crippen LogP contribution in [0.2, 0.25) is 0 Å². The monoisotopic (exact) mass is 398 g/mol. The number of nitrogens with one attached hydrogen (secondary N) is 2. The molecular formula is C20H26N6O3. The highest BCUT2D eigenvalue weighted by atomic mass is 16.5. The first-order chi connectivity index (χ1) is 14.2. The molecule has 1 atom stereocenters. The van der Waals surface area contributed by atoms with E-state index < -0.39 is 6.04 Å². The molecule has 2 aliphatic heterocycles. The second-order valence-electron chi connectivity index (χ2n) is 7.24. The first-order valence-corrected chi connectivity index (χ1v) is 9.94. The number of likely N-dealkylation sites (tertiary alicyclic amines) is 1. The largest absolute Gasteiger partial charge is 0.378 e. The number of hydrogen-bond acceptors (Lipinski definition) is 6. The van der Waals surface area contributed by atoms with Gasteiger partial charge in [-0.1, -0.05) is 0 Å². The van der Waals surface area contributed by atoms with Gasteiger partial charge in [0.1, 0.15) is 17.6 Å². The predicted octanol–water partition coefficient (Wildman–Crippen LogP) is 0.948. The molecule has 0 spiro atoms. The number of ether oxygens (including phenoxy) is 1. The van der Waals surface area contributed by atoms with Gasteiger partial charge in [-0.15, -0.1) is 0 Å². The maximum absolute atomic E-state index is 12.8. The summed E-state index contributed by atoms with van der Waals surface area (Å²) < 4.78 is 5.38. The van der Waals surface area contributed by atoms with Gasteiger partial charge in [0.15, 0.2) is 0 Å². The van der Waals surface area contributed by atoms with Gasteiger partial charge in [-0.2, -0.15) is 0 Å². The molecule has 154 valence electrons. The Hall–Kier alpha value is -2.91. The van der Waals surface area contributed by atoms with Gasteiger partial charge in [-0.25, -0.2) is 4.98 Å². The number of rotatable bonds is 5. The number of amides is 2. The minimum absolute atomic E-state index is 0.173. The van der Waals surface area contributed by atoms with Crippen LogP contribution in [0.1, 0.15) is 29.2 Å². The van der Waals surface area contributed by atoms with E-state index in [4.69, 9.17) is 10.5 Å². The van der Waals surface area contributed by atoms with Crippen LogP contribution in [-0.4, -0.2) is 65.6 Å². The van der Waals surface area contributed by atoms with Crippen molar-refractivity contribution in [1.29, 1.82) is 0 Å². The zero-order valence-electron chi connectivity index (χ0n) is 16.3. The highest BCUT2D eigenvalue weighted by Crippen LogP contribution is 2.23. The van der Waals surface area contributed by atoms with Gasteiger partial charge in [0.05, 0.1) is 26.0 Å². The lowest BCUT2D eigenvalue weighted by atomic mass is 10.2. The number of aromatic nitrogens is 2. The number of imidazole rings is 1. The molecule has 2 amide bonds. The molecule has 4 N–H and O–H groups in total. The maximum Gasteiger partial charge on any atom is 0.272 e. The molecule has 0 unspecified atom stereocenters. The molecule has 2 aromatic rings. The van der Waals surface area contributed by atoms with Crippen LogP contribution in [0, 0.1) is 0 Å². The second kappa shape index (κ2) is 8.62. The van der Waals surface area contributed by atoms with Crippen LogP contribution in [0.5, 0.6) is 0 Å². The molecule has 9 nitrogen and oxygen atoms in total. The molecule has 0 saturated carbocycles. The van der Waals surface area contributed by atoms with E-state index in [0.29, 0.717) is 24.5 Å². The second-order valence-corrected chi connectivity index (χ2v) is 7.24. The summed E-state index contributed by atoms with van der Waals surface area (Å²) in [6.07, 6.45) is 2.90. The Morgan fingerprint density at radius 2 is 1.97 bits per heavy atom. The average molecular weight is 398 g/mol. The highest BCUT2D eigenvalue weighted by Gasteiger charge is 2.35. The number of nitrogens with zero attached hydrogens (tertiary/aromatic N) is 3. The smallest absolute Gasteiger partial charge is 0.272 e. The number of carbonyl (C=O) groups is 2. The van der Waals surface area contributed by atoms with Crippen molar-refractivity contribution in [3.63, 3.8) is 0 Å². The molecule has 29 heavy (non-hydrogen) atoms. The Bertz CT molecular complexity index is 859. The molecule has 0 bridgehead atoms. The van der Waals surface area contributed by atoms with E-state index in [1.54, 1.807) is 4.90 Å². The number of hydrogen-bond donors (Lipinski definition) is 3. The topological polar surface area (TPSA) is 117 Å². The van der Waals surface area contributed by atoms with Crippen LogP contribution in [0.25, 0.3) is 0 Å². The molecule has 2 fully saturated rings. The van der Waals surface area contributed by atoms with Crippen LogP contribution in [0.3, 0.4) is 0 Å². The van der Waals surface area contributed by atoms with Crippen molar-refractivity contribution in [2.75, 3.05) is 43.1 Å². The van der Waals surface area contributed by atoms with Gasteiger partial charge < -0.3 is 30.6 Å². The van der Waals surface area contributed by atoms with Crippen molar-refractivity contribution in [3.05, 3.63) is 42.0 Å². The van der Waals surface area contributed by atoms with E-state index in [1.165, 1.54) is 6.20 Å². The van der Waals surface area contributed by atoms with Crippen molar-refractivity contribution in [1.82, 2.24) is 14.9 Å². The maximum atomic E-state index is 12.8. The first kappa shape index (κ1) is 19.4. The summed E-state index contributed by atoms with van der Waals surface area (Å²) in [4.78, 5) is 36.5. The summed E-state index contributed by atoms with van der Waals surface area (Å²) in [5.41, 5.74) is 7.74. The van der Waals surface area contributed by atoms with Crippen molar-refractivity contribution >= 4 is 23.2 Å². The Morgan fingerprint density at radius 3 is 2.66 bits per heavy atom. The van der Waals surface area contributed by atoms with Crippen LogP contribution in [-0.2, 0) is 16.1 Å². The number of H-pyrrole nitrogens is 1. The van der Waals surface area contributed by atoms with E-state index in [-0.39, 0.29) is 18.4 Å². The van der Waals surface area contributed by atoms with Gasteiger partial charge in [-0.05, 0) is 37.1 Å². The normalized spacial score (nSPS) is 19.4. The minimum Gasteiger partial charge on any atom is -0.378 e. The number of nitrogens with two attached hydrogens (primary N) is 1. The molecule has 2 saturated heterocycles. The third-order valence-corrected chi connectivity index (χ3v) is 5.38. The van der Waals surface area contributed by atoms with E-state index in [2.05, 4.69) is 20.2 Å². The lowest BCUT2D eigenvalue weighted by Gasteiger charge is -2.29. The number of morpholine rings is 1. The van der Waals surface area contributed by atoms with Crippen molar-refractivity contribution in [3.8, 4) is 0 Å². The van der Waals surface area contributed by atoms with Crippen LogP contribution >= 0.6 is 0 Å². The molecular weight excluding hydrogens is 372 g/mol. The van der Waals surface area contributed by atoms with E-state index in [9.17, 15) is 9.59 Å². The molecule has 1 aromatic carbocycles. The van der Waals surface area contributed by atoms with Crippen molar-refractivity contribution in [2.24, 2.45) is 5.73 Å². The van der Waals surface area contributed by atoms with Gasteiger partial charge in [0, 0.05) is 31.0 Å². The fourth-order valence-electron chi connectivity index (χ4n) is 3.81. The summed E-state index contributed by atoms with van der Waals surface area (Å²) in [5.74, 6) is 0.153. The Kier molecular flexibility index (Phi) is 5.77. The highest BCUT2D eigenvalue weighted by molar-refractivity contribution is 6.00. The van der Waals surface area contributed by atoms with Crippen LogP contribution in [0.4, 0.5) is 11.4 Å². The van der Waals surface area contributed by atoms with Crippen molar-refractivity contribution < 1.29 is 14.3 Å². The molecule has 0 aliphatic carbocycles. The number of aromatic amines is 1. The lowest BCUT2D eigenvalue weighted by molar-refractivity contribution is -0.119. The van der Waals surface area contributed by atoms with E-state index in [1.807, 2.05) is 24.3 Å². The summed E-state index contributed by atoms with van der Waals surface area (Å²) in [5, 5.41) is 2.94. The summed E-state index contributed by atoms with van der Waals surface area (Å²) >= 11 is 0. The zero-order valence-corrected chi connectivity index (χ0v) is 16.3. The minimum atomic E-state index is -0.494. The summed E-state index contributed by atoms with van der Waals surface area (Å²) in [7, 11) is 0. The fraction of sp³-hybridized carbons (Fsp3) is 0.450. The van der Waals surface area contributed by atoms with Gasteiger partial charge in [0.25, 0.3) is 5.91 Å². The average Bonchev–Trinajstić information content (AvgIpc) is 3.44. The van der Waals surface area contributed by atoms with Crippen LogP contribution < -0.4 is 16.0 Å². The van der Waals surface area contributed by atoms with Gasteiger partial charge >= 0.3 is 0 Å². The molecule has 4 rings (SSSR count). The molecule has 1 aromatic heterocycles. The molecule has 0 radical (unpaired) electrons. The Morgan fingerprint density at radius 1 is 1.21 bits per heavy atom. The van der Waals surface area contributed by atoms with Crippen LogP contribution in [0.15, 0.2) is 30.5 Å². The number of benzene rings is 1. The van der Waals surface area contributed by atoms with E-state index in [0.717, 1.165) is 44.1 Å². The lowest BCUT2D eigenvalue weighted by Crippen LogP contribution is -2.43. The van der Waals surface area contributed by atoms with Crippen molar-refractivity contribution in [2.45, 2.75) is 25.4 Å². The number of carbonyl (C=O) groups excluding carboxylic acids is 2. The predicted molar refractivity (Wildman–Crippen MR) is 109 cm³/mol. The standard InChI is InChI=1S/C20H26N6O3/c21-12-18-22-13-16(24-18)20(28)26-7-1-2-17(26)19(27)23-14-3-5-15(6-4-14)25-8-10-29-11-9-25/h3-6,13,17H,1-2,7-12,21H2,(H,22,24)(H,23,27)/t17-/m0/s1. The van der Waals surface area contributed by atoms with Gasteiger partial charge in [0.2, 0.25) is 5.91 Å². The molecule has 9 heteroatoms. The summed E-state index contributed by atoms with van der Waals surface area (Å²) in [6, 6.07) is 7.29. The third kappa shape index (κ3) is 4.25. The zero-order chi connectivity index (χ0) is 20.2. The fourth-order valence-corrected chi connectivity index (χ4v) is 3.81. The summed E-state index contributed by atoms with van der Waals surface area (Å²) in [6.45, 7) is 3.97. The number of anilines is 2. The molecule has 2 aliphatic rings. The molecule has 3 heterocycles. The Labute approximate surface area is 169 Å².